The highest BCUT2D eigenvalue weighted by Crippen LogP contribution is 2.38. The van der Waals surface area contributed by atoms with Crippen LogP contribution in [0, 0.1) is 5.92 Å². The van der Waals surface area contributed by atoms with Crippen molar-refractivity contribution in [2.24, 2.45) is 5.92 Å². The van der Waals surface area contributed by atoms with Crippen LogP contribution < -0.4 is 10.6 Å². The van der Waals surface area contributed by atoms with E-state index in [1.807, 2.05) is 54.6 Å². The zero-order valence-corrected chi connectivity index (χ0v) is 21.0. The molecule has 0 spiro atoms. The number of hydrogen-bond acceptors (Lipinski definition) is 6. The Hall–Kier alpha value is -4.46. The zero-order chi connectivity index (χ0) is 26.3. The molecular formula is C30H30N4O4. The lowest BCUT2D eigenvalue weighted by Gasteiger charge is -2.26. The standard InChI is InChI=1S/C30H30N4O4/c35-26(36)18-19-31-29(37)23-14-16-25(17-15-23)32-27(20-6-4-5-7-20)21-10-12-22(13-11-21)28-33-30(38-34-28)24-8-2-1-3-9-24/h1-3,8-17,20,27,32H,4-7,18-19H2,(H,31,37)(H,35,36). The number of carbonyl (C=O) groups is 2. The van der Waals surface area contributed by atoms with Crippen LogP contribution in [0.4, 0.5) is 5.69 Å². The summed E-state index contributed by atoms with van der Waals surface area (Å²) in [4.78, 5) is 27.5. The number of amides is 1. The summed E-state index contributed by atoms with van der Waals surface area (Å²) in [5.41, 5.74) is 4.39. The van der Waals surface area contributed by atoms with Crippen LogP contribution in [0.15, 0.2) is 83.4 Å². The Morgan fingerprint density at radius 2 is 1.63 bits per heavy atom. The molecule has 3 N–H and O–H groups in total. The fraction of sp³-hybridized carbons (Fsp3) is 0.267. The molecule has 5 rings (SSSR count). The van der Waals surface area contributed by atoms with Crippen molar-refractivity contribution in [3.8, 4) is 22.8 Å². The van der Waals surface area contributed by atoms with Gasteiger partial charge in [0.1, 0.15) is 0 Å². The molecule has 0 saturated heterocycles. The van der Waals surface area contributed by atoms with Gasteiger partial charge in [0.05, 0.1) is 12.5 Å². The van der Waals surface area contributed by atoms with Crippen molar-refractivity contribution in [2.45, 2.75) is 38.1 Å². The molecule has 0 radical (unpaired) electrons. The van der Waals surface area contributed by atoms with Gasteiger partial charge in [0.25, 0.3) is 11.8 Å². The third-order valence-corrected chi connectivity index (χ3v) is 6.94. The Labute approximate surface area is 221 Å². The Morgan fingerprint density at radius 1 is 0.921 bits per heavy atom. The van der Waals surface area contributed by atoms with Crippen molar-refractivity contribution in [2.75, 3.05) is 11.9 Å². The zero-order valence-electron chi connectivity index (χ0n) is 21.0. The van der Waals surface area contributed by atoms with E-state index in [-0.39, 0.29) is 24.9 Å². The molecule has 8 heteroatoms. The highest BCUT2D eigenvalue weighted by atomic mass is 16.5. The van der Waals surface area contributed by atoms with Gasteiger partial charge < -0.3 is 20.3 Å². The minimum Gasteiger partial charge on any atom is -0.481 e. The van der Waals surface area contributed by atoms with E-state index in [1.165, 1.54) is 18.4 Å². The number of hydrogen-bond donors (Lipinski definition) is 3. The summed E-state index contributed by atoms with van der Waals surface area (Å²) in [6.45, 7) is 0.103. The topological polar surface area (TPSA) is 117 Å². The molecule has 38 heavy (non-hydrogen) atoms. The molecule has 1 aliphatic carbocycles. The molecule has 1 heterocycles. The number of nitrogens with one attached hydrogen (secondary N) is 2. The second kappa shape index (κ2) is 11.7. The molecule has 0 aliphatic heterocycles. The maximum Gasteiger partial charge on any atom is 0.305 e. The molecule has 194 valence electrons. The molecule has 1 unspecified atom stereocenters. The molecule has 1 fully saturated rings. The van der Waals surface area contributed by atoms with Crippen molar-refractivity contribution in [3.05, 3.63) is 90.0 Å². The van der Waals surface area contributed by atoms with Crippen molar-refractivity contribution in [1.82, 2.24) is 15.5 Å². The number of rotatable bonds is 10. The number of benzene rings is 3. The van der Waals surface area contributed by atoms with Crippen molar-refractivity contribution in [3.63, 3.8) is 0 Å². The van der Waals surface area contributed by atoms with Crippen LogP contribution in [0.25, 0.3) is 22.8 Å². The first-order chi connectivity index (χ1) is 18.6. The van der Waals surface area contributed by atoms with E-state index in [9.17, 15) is 9.59 Å². The van der Waals surface area contributed by atoms with Crippen molar-refractivity contribution < 1.29 is 19.2 Å². The molecule has 1 amide bonds. The van der Waals surface area contributed by atoms with E-state index in [1.54, 1.807) is 12.1 Å². The van der Waals surface area contributed by atoms with E-state index in [0.717, 1.165) is 29.7 Å². The largest absolute Gasteiger partial charge is 0.481 e. The first-order valence-electron chi connectivity index (χ1n) is 12.9. The van der Waals surface area contributed by atoms with Crippen LogP contribution >= 0.6 is 0 Å². The summed E-state index contributed by atoms with van der Waals surface area (Å²) in [7, 11) is 0. The fourth-order valence-corrected chi connectivity index (χ4v) is 4.92. The monoisotopic (exact) mass is 510 g/mol. The molecule has 1 aromatic heterocycles. The number of aliphatic carboxylic acids is 1. The third-order valence-electron chi connectivity index (χ3n) is 6.94. The summed E-state index contributed by atoms with van der Waals surface area (Å²) in [5.74, 6) is 0.338. The van der Waals surface area contributed by atoms with Gasteiger partial charge in [-0.3, -0.25) is 9.59 Å². The van der Waals surface area contributed by atoms with Gasteiger partial charge in [-0.1, -0.05) is 60.5 Å². The second-order valence-corrected chi connectivity index (χ2v) is 9.55. The molecule has 3 aromatic carbocycles. The molecular weight excluding hydrogens is 480 g/mol. The summed E-state index contributed by atoms with van der Waals surface area (Å²) in [5, 5.41) is 19.2. The van der Waals surface area contributed by atoms with Crippen molar-refractivity contribution >= 4 is 17.6 Å². The first-order valence-corrected chi connectivity index (χ1v) is 12.9. The predicted octanol–water partition coefficient (Wildman–Crippen LogP) is 5.95. The average Bonchev–Trinajstić information content (AvgIpc) is 3.66. The van der Waals surface area contributed by atoms with Gasteiger partial charge in [-0.2, -0.15) is 4.98 Å². The summed E-state index contributed by atoms with van der Waals surface area (Å²) in [6.07, 6.45) is 4.67. The van der Waals surface area contributed by atoms with Crippen LogP contribution in [0.1, 0.15) is 54.1 Å². The minimum absolute atomic E-state index is 0.103. The fourth-order valence-electron chi connectivity index (χ4n) is 4.92. The molecule has 1 saturated carbocycles. The quantitative estimate of drug-likeness (QED) is 0.241. The number of anilines is 1. The Balaban J connectivity index is 1.29. The van der Waals surface area contributed by atoms with E-state index in [0.29, 0.717) is 23.2 Å². The van der Waals surface area contributed by atoms with E-state index in [2.05, 4.69) is 32.9 Å². The molecule has 1 aliphatic rings. The lowest BCUT2D eigenvalue weighted by molar-refractivity contribution is -0.136. The number of carbonyl (C=O) groups excluding carboxylic acids is 1. The third kappa shape index (κ3) is 6.08. The van der Waals surface area contributed by atoms with Crippen molar-refractivity contribution in [1.29, 1.82) is 0 Å². The molecule has 4 aromatic rings. The van der Waals surface area contributed by atoms with Gasteiger partial charge in [-0.15, -0.1) is 0 Å². The predicted molar refractivity (Wildman–Crippen MR) is 145 cm³/mol. The first kappa shape index (κ1) is 25.2. The molecule has 1 atom stereocenters. The molecule has 8 nitrogen and oxygen atoms in total. The van der Waals surface area contributed by atoms with Crippen LogP contribution in [0.5, 0.6) is 0 Å². The highest BCUT2D eigenvalue weighted by molar-refractivity contribution is 5.94. The van der Waals surface area contributed by atoms with Crippen LogP contribution in [0.3, 0.4) is 0 Å². The number of carboxylic acids is 1. The lowest BCUT2D eigenvalue weighted by Crippen LogP contribution is -2.26. The minimum atomic E-state index is -0.940. The lowest BCUT2D eigenvalue weighted by atomic mass is 9.90. The molecule has 0 bridgehead atoms. The summed E-state index contributed by atoms with van der Waals surface area (Å²) < 4.78 is 5.47. The van der Waals surface area contributed by atoms with Gasteiger partial charge >= 0.3 is 5.97 Å². The maximum atomic E-state index is 12.3. The Bertz CT molecular complexity index is 1360. The summed E-state index contributed by atoms with van der Waals surface area (Å²) >= 11 is 0. The SMILES string of the molecule is O=C(O)CCNC(=O)c1ccc(NC(c2ccc(-c3noc(-c4ccccc4)n3)cc2)C2CCCC2)cc1. The smallest absolute Gasteiger partial charge is 0.305 e. The maximum absolute atomic E-state index is 12.3. The number of nitrogens with zero attached hydrogens (tertiary/aromatic N) is 2. The Morgan fingerprint density at radius 3 is 2.32 bits per heavy atom. The van der Waals surface area contributed by atoms with Gasteiger partial charge in [0.15, 0.2) is 0 Å². The number of carboxylic acid groups (broad SMARTS) is 1. The normalized spacial score (nSPS) is 14.2. The van der Waals surface area contributed by atoms with Crippen LogP contribution in [-0.2, 0) is 4.79 Å². The van der Waals surface area contributed by atoms with Crippen LogP contribution in [-0.4, -0.2) is 33.7 Å². The van der Waals surface area contributed by atoms with Gasteiger partial charge in [0.2, 0.25) is 5.82 Å². The summed E-state index contributed by atoms with van der Waals surface area (Å²) in [6, 6.07) is 25.4. The van der Waals surface area contributed by atoms with E-state index in [4.69, 9.17) is 9.63 Å². The Kier molecular flexibility index (Phi) is 7.78. The number of aromatic nitrogens is 2. The van der Waals surface area contributed by atoms with Gasteiger partial charge in [-0.25, -0.2) is 0 Å². The average molecular weight is 511 g/mol. The van der Waals surface area contributed by atoms with Gasteiger partial charge in [-0.05, 0) is 60.7 Å². The highest BCUT2D eigenvalue weighted by Gasteiger charge is 2.26. The second-order valence-electron chi connectivity index (χ2n) is 9.55. The van der Waals surface area contributed by atoms with E-state index < -0.39 is 5.97 Å². The van der Waals surface area contributed by atoms with Gasteiger partial charge in [0, 0.05) is 28.9 Å². The van der Waals surface area contributed by atoms with E-state index >= 15 is 0 Å². The van der Waals surface area contributed by atoms with Crippen LogP contribution in [0.2, 0.25) is 0 Å².